The molecule has 0 heterocycles. The molecule has 0 saturated heterocycles. The maximum Gasteiger partial charge on any atom is 0.126 e. The molecular formula is C15H24F2N2S. The van der Waals surface area contributed by atoms with Crippen LogP contribution in [0.2, 0.25) is 0 Å². The van der Waals surface area contributed by atoms with Crippen LogP contribution in [0.4, 0.5) is 8.78 Å². The number of benzene rings is 1. The van der Waals surface area contributed by atoms with E-state index in [1.807, 2.05) is 11.8 Å². The first-order chi connectivity index (χ1) is 9.47. The van der Waals surface area contributed by atoms with Crippen molar-refractivity contribution in [3.05, 3.63) is 35.4 Å². The second-order valence-electron chi connectivity index (χ2n) is 5.10. The first kappa shape index (κ1) is 17.4. The van der Waals surface area contributed by atoms with Crippen molar-refractivity contribution >= 4 is 11.8 Å². The van der Waals surface area contributed by atoms with Gasteiger partial charge in [0, 0.05) is 23.9 Å². The van der Waals surface area contributed by atoms with Gasteiger partial charge in [-0.3, -0.25) is 0 Å². The molecule has 0 aliphatic rings. The van der Waals surface area contributed by atoms with Crippen LogP contribution in [0.5, 0.6) is 0 Å². The van der Waals surface area contributed by atoms with Crippen LogP contribution in [0.15, 0.2) is 18.2 Å². The summed E-state index contributed by atoms with van der Waals surface area (Å²) in [5.74, 6) is -0.0631. The summed E-state index contributed by atoms with van der Waals surface area (Å²) >= 11 is 1.83. The number of halogens is 2. The molecule has 0 saturated carbocycles. The lowest BCUT2D eigenvalue weighted by atomic mass is 10.0. The number of rotatable bonds is 8. The lowest BCUT2D eigenvalue weighted by Crippen LogP contribution is -2.35. The summed E-state index contributed by atoms with van der Waals surface area (Å²) in [6.07, 6.45) is 3.86. The van der Waals surface area contributed by atoms with Gasteiger partial charge in [0.25, 0.3) is 0 Å². The van der Waals surface area contributed by atoms with Crippen molar-refractivity contribution in [2.75, 3.05) is 25.6 Å². The lowest BCUT2D eigenvalue weighted by Gasteiger charge is -2.27. The minimum Gasteiger partial charge on any atom is -0.324 e. The first-order valence-electron chi connectivity index (χ1n) is 6.88. The van der Waals surface area contributed by atoms with Crippen LogP contribution in [0.3, 0.4) is 0 Å². The van der Waals surface area contributed by atoms with Crippen molar-refractivity contribution < 1.29 is 8.78 Å². The molecule has 2 unspecified atom stereocenters. The van der Waals surface area contributed by atoms with E-state index in [-0.39, 0.29) is 6.04 Å². The van der Waals surface area contributed by atoms with Crippen molar-refractivity contribution in [1.82, 2.24) is 4.90 Å². The number of nitrogens with two attached hydrogens (primary N) is 1. The molecule has 0 spiro atoms. The topological polar surface area (TPSA) is 29.3 Å². The molecule has 0 aliphatic carbocycles. The summed E-state index contributed by atoms with van der Waals surface area (Å²) in [6.45, 7) is 2.98. The SMILES string of the molecule is CCC(CSC)N(C)CCC(N)c1cc(F)cc(F)c1. The third-order valence-electron chi connectivity index (χ3n) is 3.56. The monoisotopic (exact) mass is 302 g/mol. The molecule has 0 aromatic heterocycles. The van der Waals surface area contributed by atoms with Crippen molar-refractivity contribution in [3.63, 3.8) is 0 Å². The van der Waals surface area contributed by atoms with Crippen molar-refractivity contribution in [2.24, 2.45) is 5.73 Å². The van der Waals surface area contributed by atoms with Gasteiger partial charge >= 0.3 is 0 Å². The highest BCUT2D eigenvalue weighted by molar-refractivity contribution is 7.98. The minimum atomic E-state index is -0.572. The number of thioether (sulfide) groups is 1. The summed E-state index contributed by atoms with van der Waals surface area (Å²) in [4.78, 5) is 2.27. The zero-order valence-electron chi connectivity index (χ0n) is 12.4. The van der Waals surface area contributed by atoms with Crippen LogP contribution in [0.1, 0.15) is 31.4 Å². The van der Waals surface area contributed by atoms with E-state index >= 15 is 0 Å². The highest BCUT2D eigenvalue weighted by atomic mass is 32.2. The third kappa shape index (κ3) is 5.38. The van der Waals surface area contributed by atoms with Gasteiger partial charge in [-0.2, -0.15) is 11.8 Å². The summed E-state index contributed by atoms with van der Waals surface area (Å²) < 4.78 is 26.3. The summed E-state index contributed by atoms with van der Waals surface area (Å²) in [6, 6.07) is 3.67. The molecule has 0 aliphatic heterocycles. The molecule has 0 fully saturated rings. The second-order valence-corrected chi connectivity index (χ2v) is 6.01. The Bertz CT molecular complexity index is 395. The molecule has 0 bridgehead atoms. The van der Waals surface area contributed by atoms with Crippen LogP contribution in [0, 0.1) is 11.6 Å². The van der Waals surface area contributed by atoms with Gasteiger partial charge in [0.2, 0.25) is 0 Å². The van der Waals surface area contributed by atoms with Crippen LogP contribution in [0.25, 0.3) is 0 Å². The van der Waals surface area contributed by atoms with E-state index in [0.717, 1.165) is 24.8 Å². The maximum atomic E-state index is 13.2. The highest BCUT2D eigenvalue weighted by Crippen LogP contribution is 2.18. The molecule has 2 nitrogen and oxygen atoms in total. The average molecular weight is 302 g/mol. The van der Waals surface area contributed by atoms with E-state index in [9.17, 15) is 8.78 Å². The highest BCUT2D eigenvalue weighted by Gasteiger charge is 2.15. The molecule has 20 heavy (non-hydrogen) atoms. The Balaban J connectivity index is 2.55. The van der Waals surface area contributed by atoms with Gasteiger partial charge < -0.3 is 10.6 Å². The molecule has 0 radical (unpaired) electrons. The summed E-state index contributed by atoms with van der Waals surface area (Å²) in [5, 5.41) is 0. The molecule has 2 N–H and O–H groups in total. The molecule has 1 rings (SSSR count). The zero-order valence-corrected chi connectivity index (χ0v) is 13.2. The fraction of sp³-hybridized carbons (Fsp3) is 0.600. The van der Waals surface area contributed by atoms with Crippen molar-refractivity contribution in [3.8, 4) is 0 Å². The van der Waals surface area contributed by atoms with Gasteiger partial charge in [-0.25, -0.2) is 8.78 Å². The molecule has 1 aromatic rings. The Morgan fingerprint density at radius 3 is 2.35 bits per heavy atom. The zero-order chi connectivity index (χ0) is 15.1. The lowest BCUT2D eigenvalue weighted by molar-refractivity contribution is 0.246. The second kappa shape index (κ2) is 8.60. The number of hydrogen-bond acceptors (Lipinski definition) is 3. The van der Waals surface area contributed by atoms with Gasteiger partial charge in [0.05, 0.1) is 0 Å². The minimum absolute atomic E-state index is 0.338. The van der Waals surface area contributed by atoms with E-state index in [4.69, 9.17) is 5.73 Å². The normalized spacial score (nSPS) is 14.6. The van der Waals surface area contributed by atoms with Gasteiger partial charge in [-0.05, 0) is 50.4 Å². The smallest absolute Gasteiger partial charge is 0.126 e. The fourth-order valence-electron chi connectivity index (χ4n) is 2.23. The van der Waals surface area contributed by atoms with Gasteiger partial charge in [-0.15, -0.1) is 0 Å². The quantitative estimate of drug-likeness (QED) is 0.798. The largest absolute Gasteiger partial charge is 0.324 e. The standard InChI is InChI=1S/C15H24F2N2S/c1-4-14(10-20-3)19(2)6-5-15(18)11-7-12(16)9-13(17)8-11/h7-9,14-15H,4-6,10,18H2,1-3H3. The Kier molecular flexibility index (Phi) is 7.48. The third-order valence-corrected chi connectivity index (χ3v) is 4.28. The van der Waals surface area contributed by atoms with Gasteiger partial charge in [0.15, 0.2) is 0 Å². The maximum absolute atomic E-state index is 13.2. The van der Waals surface area contributed by atoms with Gasteiger partial charge in [-0.1, -0.05) is 6.92 Å². The Morgan fingerprint density at radius 2 is 1.85 bits per heavy atom. The molecular weight excluding hydrogens is 278 g/mol. The Hall–Kier alpha value is -0.650. The average Bonchev–Trinajstić information content (AvgIpc) is 2.40. The first-order valence-corrected chi connectivity index (χ1v) is 8.28. The molecule has 0 amide bonds. The summed E-state index contributed by atoms with van der Waals surface area (Å²) in [7, 11) is 2.07. The molecule has 2 atom stereocenters. The Morgan fingerprint density at radius 1 is 1.25 bits per heavy atom. The van der Waals surface area contributed by atoms with E-state index in [1.54, 1.807) is 0 Å². The molecule has 1 aromatic carbocycles. The predicted octanol–water partition coefficient (Wildman–Crippen LogP) is 3.43. The predicted molar refractivity (Wildman–Crippen MR) is 83.0 cm³/mol. The van der Waals surface area contributed by atoms with Gasteiger partial charge in [0.1, 0.15) is 11.6 Å². The van der Waals surface area contributed by atoms with E-state index in [0.29, 0.717) is 18.0 Å². The Labute approximate surface area is 124 Å². The van der Waals surface area contributed by atoms with E-state index in [1.165, 1.54) is 12.1 Å². The molecule has 5 heteroatoms. The summed E-state index contributed by atoms with van der Waals surface area (Å²) in [5.41, 5.74) is 6.55. The van der Waals surface area contributed by atoms with Crippen LogP contribution in [-0.4, -0.2) is 36.5 Å². The van der Waals surface area contributed by atoms with E-state index < -0.39 is 11.6 Å². The van der Waals surface area contributed by atoms with Crippen LogP contribution >= 0.6 is 11.8 Å². The van der Waals surface area contributed by atoms with Crippen LogP contribution < -0.4 is 5.73 Å². The van der Waals surface area contributed by atoms with Crippen LogP contribution in [-0.2, 0) is 0 Å². The number of hydrogen-bond donors (Lipinski definition) is 1. The van der Waals surface area contributed by atoms with Crippen molar-refractivity contribution in [1.29, 1.82) is 0 Å². The molecule has 114 valence electrons. The fourth-order valence-corrected chi connectivity index (χ4v) is 3.11. The van der Waals surface area contributed by atoms with E-state index in [2.05, 4.69) is 25.1 Å². The number of nitrogens with zero attached hydrogens (tertiary/aromatic N) is 1. The van der Waals surface area contributed by atoms with Crippen molar-refractivity contribution in [2.45, 2.75) is 31.8 Å².